The van der Waals surface area contributed by atoms with Crippen LogP contribution in [0.5, 0.6) is 0 Å². The van der Waals surface area contributed by atoms with E-state index in [9.17, 15) is 9.59 Å². The first-order valence-corrected chi connectivity index (χ1v) is 8.08. The fraction of sp³-hybridized carbons (Fsp3) is 0.300. The van der Waals surface area contributed by atoms with Crippen LogP contribution in [0.4, 0.5) is 0 Å². The van der Waals surface area contributed by atoms with Gasteiger partial charge in [-0.3, -0.25) is 0 Å². The number of hydrogen-bond donors (Lipinski definition) is 0. The van der Waals surface area contributed by atoms with Gasteiger partial charge in [-0.2, -0.15) is 0 Å². The van der Waals surface area contributed by atoms with Crippen molar-refractivity contribution in [2.75, 3.05) is 14.2 Å². The predicted octanol–water partition coefficient (Wildman–Crippen LogP) is 3.60. The summed E-state index contributed by atoms with van der Waals surface area (Å²) in [6.45, 7) is 0. The Morgan fingerprint density at radius 3 is 2.08 bits per heavy atom. The van der Waals surface area contributed by atoms with Gasteiger partial charge in [0.15, 0.2) is 0 Å². The third-order valence-electron chi connectivity index (χ3n) is 4.50. The van der Waals surface area contributed by atoms with Gasteiger partial charge in [-0.25, -0.2) is 9.59 Å². The Kier molecular flexibility index (Phi) is 4.65. The molecule has 0 amide bonds. The maximum atomic E-state index is 12.4. The van der Waals surface area contributed by atoms with Crippen molar-refractivity contribution in [1.82, 2.24) is 0 Å². The second-order valence-corrected chi connectivity index (χ2v) is 5.87. The molecular weight excluding hydrogens is 304 g/mol. The minimum absolute atomic E-state index is 0.333. The lowest BCUT2D eigenvalue weighted by atomic mass is 9.89. The highest BCUT2D eigenvalue weighted by molar-refractivity contribution is 6.11. The van der Waals surface area contributed by atoms with E-state index in [0.717, 1.165) is 48.0 Å². The molecule has 3 rings (SSSR count). The third kappa shape index (κ3) is 2.80. The molecule has 0 atom stereocenters. The zero-order chi connectivity index (χ0) is 17.1. The van der Waals surface area contributed by atoms with Crippen molar-refractivity contribution in [1.29, 1.82) is 0 Å². The van der Waals surface area contributed by atoms with E-state index >= 15 is 0 Å². The number of benzene rings is 1. The summed E-state index contributed by atoms with van der Waals surface area (Å²) in [5.41, 5.74) is 4.50. The second kappa shape index (κ2) is 6.87. The van der Waals surface area contributed by atoms with Crippen molar-refractivity contribution in [3.63, 3.8) is 0 Å². The predicted molar refractivity (Wildman–Crippen MR) is 91.0 cm³/mol. The Morgan fingerprint density at radius 2 is 1.46 bits per heavy atom. The quantitative estimate of drug-likeness (QED) is 0.797. The van der Waals surface area contributed by atoms with Gasteiger partial charge in [0.25, 0.3) is 0 Å². The molecule has 124 valence electrons. The standard InChI is InChI=1S/C20H20O4/c1-23-19(21)17-15-11-7-6-10-14(15)16(18(17)20(22)24-2)12-13-8-4-3-5-9-13/h3-5,8-9,12H,6-7,10-11H2,1-2H3/b16-12+. The minimum Gasteiger partial charge on any atom is -0.465 e. The summed E-state index contributed by atoms with van der Waals surface area (Å²) in [6.07, 6.45) is 5.66. The van der Waals surface area contributed by atoms with Gasteiger partial charge in [0.1, 0.15) is 0 Å². The van der Waals surface area contributed by atoms with Crippen molar-refractivity contribution in [2.45, 2.75) is 25.7 Å². The molecule has 2 aliphatic carbocycles. The number of allylic oxidation sites excluding steroid dienone is 1. The van der Waals surface area contributed by atoms with Gasteiger partial charge in [-0.15, -0.1) is 0 Å². The molecule has 4 nitrogen and oxygen atoms in total. The summed E-state index contributed by atoms with van der Waals surface area (Å²) in [5.74, 6) is -0.965. The van der Waals surface area contributed by atoms with Crippen molar-refractivity contribution in [3.05, 3.63) is 63.8 Å². The number of methoxy groups -OCH3 is 2. The fourth-order valence-electron chi connectivity index (χ4n) is 3.43. The van der Waals surface area contributed by atoms with Gasteiger partial charge < -0.3 is 9.47 Å². The molecule has 0 saturated carbocycles. The molecule has 0 N–H and O–H groups in total. The zero-order valence-electron chi connectivity index (χ0n) is 13.9. The smallest absolute Gasteiger partial charge is 0.339 e. The maximum Gasteiger partial charge on any atom is 0.339 e. The Bertz CT molecular complexity index is 766. The second-order valence-electron chi connectivity index (χ2n) is 5.87. The summed E-state index contributed by atoms with van der Waals surface area (Å²) in [5, 5.41) is 0. The molecule has 0 spiro atoms. The normalized spacial score (nSPS) is 18.7. The summed E-state index contributed by atoms with van der Waals surface area (Å²) < 4.78 is 9.90. The van der Waals surface area contributed by atoms with E-state index in [0.29, 0.717) is 11.1 Å². The highest BCUT2D eigenvalue weighted by atomic mass is 16.5. The molecule has 0 radical (unpaired) electrons. The number of rotatable bonds is 3. The first-order chi connectivity index (χ1) is 11.7. The fourth-order valence-corrected chi connectivity index (χ4v) is 3.43. The largest absolute Gasteiger partial charge is 0.465 e. The number of hydrogen-bond acceptors (Lipinski definition) is 4. The lowest BCUT2D eigenvalue weighted by molar-refractivity contribution is -0.138. The maximum absolute atomic E-state index is 12.4. The van der Waals surface area contributed by atoms with Gasteiger partial charge in [-0.05, 0) is 54.0 Å². The molecule has 0 unspecified atom stereocenters. The molecule has 24 heavy (non-hydrogen) atoms. The molecule has 0 bridgehead atoms. The van der Waals surface area contributed by atoms with Crippen molar-refractivity contribution < 1.29 is 19.1 Å². The number of esters is 2. The molecule has 4 heteroatoms. The van der Waals surface area contributed by atoms with Crippen LogP contribution >= 0.6 is 0 Å². The van der Waals surface area contributed by atoms with Crippen LogP contribution in [0.25, 0.3) is 6.08 Å². The van der Waals surface area contributed by atoms with Crippen molar-refractivity contribution >= 4 is 18.0 Å². The van der Waals surface area contributed by atoms with E-state index in [1.165, 1.54) is 14.2 Å². The van der Waals surface area contributed by atoms with E-state index in [-0.39, 0.29) is 0 Å². The van der Waals surface area contributed by atoms with Gasteiger partial charge in [0.2, 0.25) is 0 Å². The van der Waals surface area contributed by atoms with Crippen LogP contribution < -0.4 is 0 Å². The van der Waals surface area contributed by atoms with Crippen LogP contribution in [0.15, 0.2) is 58.2 Å². The van der Waals surface area contributed by atoms with E-state index in [4.69, 9.17) is 9.47 Å². The summed E-state index contributed by atoms with van der Waals surface area (Å²) in [6, 6.07) is 9.78. The molecule has 1 aromatic rings. The van der Waals surface area contributed by atoms with Crippen molar-refractivity contribution in [2.24, 2.45) is 0 Å². The van der Waals surface area contributed by atoms with E-state index < -0.39 is 11.9 Å². The number of carbonyl (C=O) groups is 2. The number of carbonyl (C=O) groups excluding carboxylic acids is 2. The van der Waals surface area contributed by atoms with E-state index in [1.807, 2.05) is 36.4 Å². The monoisotopic (exact) mass is 324 g/mol. The van der Waals surface area contributed by atoms with Gasteiger partial charge in [0, 0.05) is 0 Å². The van der Waals surface area contributed by atoms with Gasteiger partial charge >= 0.3 is 11.9 Å². The lowest BCUT2D eigenvalue weighted by Crippen LogP contribution is -2.14. The molecule has 0 aromatic heterocycles. The van der Waals surface area contributed by atoms with Crippen LogP contribution in [0.3, 0.4) is 0 Å². The van der Waals surface area contributed by atoms with Gasteiger partial charge in [0.05, 0.1) is 25.4 Å². The lowest BCUT2D eigenvalue weighted by Gasteiger charge is -2.16. The summed E-state index contributed by atoms with van der Waals surface area (Å²) in [7, 11) is 2.67. The van der Waals surface area contributed by atoms with Crippen LogP contribution in [0, 0.1) is 0 Å². The molecular formula is C20H20O4. The SMILES string of the molecule is COC(=O)C1=C(C(=O)OC)/C(=C/c2ccccc2)C2=C1CCCC2. The van der Waals surface area contributed by atoms with Crippen LogP contribution in [0.2, 0.25) is 0 Å². The molecule has 0 fully saturated rings. The molecule has 0 heterocycles. The number of ether oxygens (including phenoxy) is 2. The topological polar surface area (TPSA) is 52.6 Å². The van der Waals surface area contributed by atoms with E-state index in [1.54, 1.807) is 0 Å². The third-order valence-corrected chi connectivity index (χ3v) is 4.50. The summed E-state index contributed by atoms with van der Waals surface area (Å²) >= 11 is 0. The minimum atomic E-state index is -0.494. The molecule has 2 aliphatic rings. The van der Waals surface area contributed by atoms with E-state index in [2.05, 4.69) is 0 Å². The first-order valence-electron chi connectivity index (χ1n) is 8.08. The first kappa shape index (κ1) is 16.2. The Hall–Kier alpha value is -2.62. The molecule has 0 saturated heterocycles. The Labute approximate surface area is 141 Å². The Morgan fingerprint density at radius 1 is 0.875 bits per heavy atom. The highest BCUT2D eigenvalue weighted by Crippen LogP contribution is 2.46. The van der Waals surface area contributed by atoms with Crippen LogP contribution in [-0.4, -0.2) is 26.2 Å². The zero-order valence-corrected chi connectivity index (χ0v) is 13.9. The van der Waals surface area contributed by atoms with Crippen LogP contribution in [-0.2, 0) is 19.1 Å². The summed E-state index contributed by atoms with van der Waals surface area (Å²) in [4.78, 5) is 24.8. The molecule has 0 aliphatic heterocycles. The average molecular weight is 324 g/mol. The Balaban J connectivity index is 2.22. The highest BCUT2D eigenvalue weighted by Gasteiger charge is 2.38. The molecule has 1 aromatic carbocycles. The van der Waals surface area contributed by atoms with Crippen LogP contribution in [0.1, 0.15) is 31.2 Å². The average Bonchev–Trinajstić information content (AvgIpc) is 2.95. The van der Waals surface area contributed by atoms with Crippen molar-refractivity contribution in [3.8, 4) is 0 Å². The van der Waals surface area contributed by atoms with Gasteiger partial charge in [-0.1, -0.05) is 30.3 Å².